The number of ether oxygens (including phenoxy) is 1. The molecule has 0 amide bonds. The van der Waals surface area contributed by atoms with Crippen molar-refractivity contribution in [2.45, 2.75) is 32.1 Å². The van der Waals surface area contributed by atoms with E-state index >= 15 is 0 Å². The van der Waals surface area contributed by atoms with Gasteiger partial charge in [-0.15, -0.1) is 0 Å². The van der Waals surface area contributed by atoms with Gasteiger partial charge in [0.1, 0.15) is 5.78 Å². The first-order valence-electron chi connectivity index (χ1n) is 6.25. The van der Waals surface area contributed by atoms with Crippen LogP contribution in [0.1, 0.15) is 32.1 Å². The van der Waals surface area contributed by atoms with Gasteiger partial charge in [-0.05, 0) is 43.4 Å². The molecule has 1 spiro atoms. The second kappa shape index (κ2) is 2.36. The lowest BCUT2D eigenvalue weighted by atomic mass is 9.46. The summed E-state index contributed by atoms with van der Waals surface area (Å²) in [5, 5.41) is 0. The number of fused-ring (bicyclic) bond motifs is 2. The molecule has 4 aliphatic rings. The summed E-state index contributed by atoms with van der Waals surface area (Å²) in [4.78, 5) is 24.2. The Morgan fingerprint density at radius 3 is 2.75 bits per heavy atom. The molecule has 86 valence electrons. The maximum atomic E-state index is 12.1. The zero-order valence-electron chi connectivity index (χ0n) is 9.49. The predicted octanol–water partition coefficient (Wildman–Crippen LogP) is 1.55. The predicted molar refractivity (Wildman–Crippen MR) is 55.4 cm³/mol. The molecule has 3 bridgehead atoms. The number of rotatable bonds is 1. The van der Waals surface area contributed by atoms with Crippen molar-refractivity contribution in [1.82, 2.24) is 0 Å². The number of ketones is 1. The average Bonchev–Trinajstić information content (AvgIpc) is 2.66. The maximum absolute atomic E-state index is 12.1. The molecule has 0 aromatic heterocycles. The molecule has 3 heteroatoms. The van der Waals surface area contributed by atoms with Crippen LogP contribution in [0.5, 0.6) is 0 Å². The lowest BCUT2D eigenvalue weighted by molar-refractivity contribution is -0.183. The molecule has 4 rings (SSSR count). The molecule has 0 heterocycles. The first-order chi connectivity index (χ1) is 7.63. The highest BCUT2D eigenvalue weighted by molar-refractivity contribution is 5.91. The van der Waals surface area contributed by atoms with Crippen molar-refractivity contribution in [1.29, 1.82) is 0 Å². The highest BCUT2D eigenvalue weighted by atomic mass is 16.5. The number of hydrogen-bond donors (Lipinski definition) is 0. The van der Waals surface area contributed by atoms with Gasteiger partial charge in [-0.25, -0.2) is 0 Å². The zero-order chi connectivity index (χ0) is 11.1. The van der Waals surface area contributed by atoms with E-state index in [0.717, 1.165) is 32.1 Å². The van der Waals surface area contributed by atoms with Crippen LogP contribution in [0.2, 0.25) is 0 Å². The molecule has 5 unspecified atom stereocenters. The molecule has 0 N–H and O–H groups in total. The Balaban J connectivity index is 1.85. The summed E-state index contributed by atoms with van der Waals surface area (Å²) in [7, 11) is 1.48. The van der Waals surface area contributed by atoms with E-state index in [9.17, 15) is 9.59 Å². The Kier molecular flexibility index (Phi) is 1.36. The van der Waals surface area contributed by atoms with Gasteiger partial charge < -0.3 is 4.74 Å². The molecule has 0 aromatic carbocycles. The van der Waals surface area contributed by atoms with Crippen LogP contribution in [0.15, 0.2) is 0 Å². The molecule has 4 saturated carbocycles. The minimum atomic E-state index is -0.266. The van der Waals surface area contributed by atoms with E-state index in [1.54, 1.807) is 0 Å². The van der Waals surface area contributed by atoms with E-state index in [1.807, 2.05) is 0 Å². The Morgan fingerprint density at radius 2 is 2.00 bits per heavy atom. The third-order valence-electron chi connectivity index (χ3n) is 6.10. The van der Waals surface area contributed by atoms with Gasteiger partial charge in [0.15, 0.2) is 0 Å². The van der Waals surface area contributed by atoms with Crippen LogP contribution in [0.4, 0.5) is 0 Å². The number of carbonyl (C=O) groups excluding carboxylic acids is 2. The second-order valence-corrected chi connectivity index (χ2v) is 6.28. The normalized spacial score (nSPS) is 56.1. The molecule has 0 aromatic rings. The largest absolute Gasteiger partial charge is 0.469 e. The number of esters is 1. The van der Waals surface area contributed by atoms with E-state index in [2.05, 4.69) is 0 Å². The van der Waals surface area contributed by atoms with Gasteiger partial charge in [-0.1, -0.05) is 0 Å². The summed E-state index contributed by atoms with van der Waals surface area (Å²) >= 11 is 0. The van der Waals surface area contributed by atoms with Crippen LogP contribution in [0.3, 0.4) is 0 Å². The Bertz CT molecular complexity index is 411. The lowest BCUT2D eigenvalue weighted by Gasteiger charge is -2.56. The number of carbonyl (C=O) groups is 2. The zero-order valence-corrected chi connectivity index (χ0v) is 9.49. The van der Waals surface area contributed by atoms with Crippen molar-refractivity contribution in [2.75, 3.05) is 7.11 Å². The Hall–Kier alpha value is -0.860. The van der Waals surface area contributed by atoms with Gasteiger partial charge in [-0.3, -0.25) is 9.59 Å². The van der Waals surface area contributed by atoms with Gasteiger partial charge >= 0.3 is 5.97 Å². The first kappa shape index (κ1) is 9.20. The minimum Gasteiger partial charge on any atom is -0.469 e. The molecule has 0 aliphatic heterocycles. The average molecular weight is 220 g/mol. The van der Waals surface area contributed by atoms with Gasteiger partial charge in [0.05, 0.1) is 12.5 Å². The molecule has 3 nitrogen and oxygen atoms in total. The smallest absolute Gasteiger partial charge is 0.312 e. The summed E-state index contributed by atoms with van der Waals surface area (Å²) in [5.74, 6) is 1.49. The van der Waals surface area contributed by atoms with Crippen LogP contribution in [-0.2, 0) is 14.3 Å². The SMILES string of the molecule is COC(=O)C12CC3CC14CC(CC4C2)C3=O. The molecule has 16 heavy (non-hydrogen) atoms. The topological polar surface area (TPSA) is 43.4 Å². The third kappa shape index (κ3) is 0.661. The minimum absolute atomic E-state index is 0.0402. The van der Waals surface area contributed by atoms with Crippen LogP contribution >= 0.6 is 0 Å². The fourth-order valence-electron chi connectivity index (χ4n) is 5.60. The quantitative estimate of drug-likeness (QED) is 0.630. The Labute approximate surface area is 94.5 Å². The van der Waals surface area contributed by atoms with E-state index in [1.165, 1.54) is 7.11 Å². The van der Waals surface area contributed by atoms with E-state index < -0.39 is 0 Å². The van der Waals surface area contributed by atoms with Crippen molar-refractivity contribution < 1.29 is 14.3 Å². The number of methoxy groups -OCH3 is 1. The summed E-state index contributed by atoms with van der Waals surface area (Å²) in [6, 6.07) is 0. The monoisotopic (exact) mass is 220 g/mol. The van der Waals surface area contributed by atoms with Gasteiger partial charge in [-0.2, -0.15) is 0 Å². The lowest BCUT2D eigenvalue weighted by Crippen LogP contribution is -2.57. The van der Waals surface area contributed by atoms with Crippen LogP contribution < -0.4 is 0 Å². The first-order valence-corrected chi connectivity index (χ1v) is 6.25. The molecule has 0 radical (unpaired) electrons. The molecule has 4 aliphatic carbocycles. The van der Waals surface area contributed by atoms with Gasteiger partial charge in [0.25, 0.3) is 0 Å². The Morgan fingerprint density at radius 1 is 1.25 bits per heavy atom. The molecular formula is C13H16O3. The highest BCUT2D eigenvalue weighted by Gasteiger charge is 2.79. The maximum Gasteiger partial charge on any atom is 0.312 e. The molecule has 4 fully saturated rings. The summed E-state index contributed by atoms with van der Waals surface area (Å²) < 4.78 is 5.01. The summed E-state index contributed by atoms with van der Waals surface area (Å²) in [6.07, 6.45) is 4.77. The van der Waals surface area contributed by atoms with Crippen molar-refractivity contribution in [3.63, 3.8) is 0 Å². The van der Waals surface area contributed by atoms with E-state index in [-0.39, 0.29) is 28.6 Å². The third-order valence-corrected chi connectivity index (χ3v) is 6.10. The fourth-order valence-corrected chi connectivity index (χ4v) is 5.60. The van der Waals surface area contributed by atoms with Crippen molar-refractivity contribution in [3.05, 3.63) is 0 Å². The van der Waals surface area contributed by atoms with Crippen LogP contribution in [0.25, 0.3) is 0 Å². The van der Waals surface area contributed by atoms with E-state index in [4.69, 9.17) is 4.74 Å². The van der Waals surface area contributed by atoms with Crippen molar-refractivity contribution in [2.24, 2.45) is 28.6 Å². The van der Waals surface area contributed by atoms with Crippen LogP contribution in [-0.4, -0.2) is 18.9 Å². The molecule has 5 atom stereocenters. The summed E-state index contributed by atoms with van der Waals surface area (Å²) in [5.41, 5.74) is -0.0959. The molecule has 0 saturated heterocycles. The van der Waals surface area contributed by atoms with E-state index in [0.29, 0.717) is 11.7 Å². The van der Waals surface area contributed by atoms with Gasteiger partial charge in [0, 0.05) is 11.8 Å². The standard InChI is InChI=1S/C13H16O3/c1-16-11(15)13-5-8-4-12(13)3-7(10(8)14)2-9(12)6-13/h7-9H,2-6H2,1H3. The number of hydrogen-bond acceptors (Lipinski definition) is 3. The van der Waals surface area contributed by atoms with Gasteiger partial charge in [0.2, 0.25) is 0 Å². The highest BCUT2D eigenvalue weighted by Crippen LogP contribution is 2.80. The number of Topliss-reactive ketones (excluding diaryl/α,β-unsaturated/α-hetero) is 1. The van der Waals surface area contributed by atoms with Crippen molar-refractivity contribution in [3.8, 4) is 0 Å². The van der Waals surface area contributed by atoms with Crippen LogP contribution in [0, 0.1) is 28.6 Å². The summed E-state index contributed by atoms with van der Waals surface area (Å²) in [6.45, 7) is 0. The molecular weight excluding hydrogens is 204 g/mol. The second-order valence-electron chi connectivity index (χ2n) is 6.28. The fraction of sp³-hybridized carbons (Fsp3) is 0.846. The van der Waals surface area contributed by atoms with Crippen molar-refractivity contribution >= 4 is 11.8 Å².